The smallest absolute Gasteiger partial charge is 0.227 e. The summed E-state index contributed by atoms with van der Waals surface area (Å²) in [5, 5.41) is 15.0. The Balaban J connectivity index is 2.43. The van der Waals surface area contributed by atoms with E-state index in [4.69, 9.17) is 27.3 Å². The number of hydrogen-bond acceptors (Lipinski definition) is 4. The van der Waals surface area contributed by atoms with E-state index < -0.39 is 0 Å². The molecule has 1 aliphatic rings. The van der Waals surface area contributed by atoms with Crippen LogP contribution in [0.5, 0.6) is 5.75 Å². The number of nitrogens with zero attached hydrogens (tertiary/aromatic N) is 4. The molecular weight excluding hydrogens is 278 g/mol. The van der Waals surface area contributed by atoms with Crippen molar-refractivity contribution in [1.82, 2.24) is 5.01 Å². The highest BCUT2D eigenvalue weighted by Crippen LogP contribution is 2.32. The number of para-hydroxylation sites is 1. The summed E-state index contributed by atoms with van der Waals surface area (Å²) in [4.78, 5) is 3.49. The van der Waals surface area contributed by atoms with Crippen LogP contribution in [0.3, 0.4) is 0 Å². The second-order valence-corrected chi connectivity index (χ2v) is 4.77. The molecule has 2 rings (SSSR count). The molecule has 104 valence electrons. The maximum atomic E-state index is 8.53. The van der Waals surface area contributed by atoms with E-state index in [1.165, 1.54) is 5.01 Å². The van der Waals surface area contributed by atoms with E-state index in [2.05, 4.69) is 10.1 Å². The zero-order valence-corrected chi connectivity index (χ0v) is 11.9. The van der Waals surface area contributed by atoms with Gasteiger partial charge in [-0.3, -0.25) is 0 Å². The number of guanidine groups is 1. The second kappa shape index (κ2) is 5.80. The third-order valence-electron chi connectivity index (χ3n) is 3.02. The van der Waals surface area contributed by atoms with Crippen LogP contribution >= 0.6 is 11.6 Å². The molecule has 2 N–H and O–H groups in total. The van der Waals surface area contributed by atoms with Gasteiger partial charge in [-0.1, -0.05) is 24.6 Å². The zero-order chi connectivity index (χ0) is 14.7. The van der Waals surface area contributed by atoms with E-state index in [1.807, 2.05) is 19.1 Å². The molecule has 1 atom stereocenters. The molecule has 0 aliphatic carbocycles. The van der Waals surface area contributed by atoms with Crippen LogP contribution in [0, 0.1) is 17.4 Å². The van der Waals surface area contributed by atoms with Crippen molar-refractivity contribution in [2.24, 2.45) is 21.7 Å². The molecule has 1 aromatic carbocycles. The van der Waals surface area contributed by atoms with Crippen molar-refractivity contribution in [1.29, 1.82) is 5.26 Å². The van der Waals surface area contributed by atoms with Gasteiger partial charge in [0, 0.05) is 11.5 Å². The molecule has 0 aromatic heterocycles. The van der Waals surface area contributed by atoms with Crippen molar-refractivity contribution < 1.29 is 4.74 Å². The Kier molecular flexibility index (Phi) is 4.11. The third kappa shape index (κ3) is 2.53. The lowest BCUT2D eigenvalue weighted by Gasteiger charge is -2.11. The minimum Gasteiger partial charge on any atom is -0.494 e. The van der Waals surface area contributed by atoms with Gasteiger partial charge in [0.15, 0.2) is 0 Å². The number of nitriles is 1. The number of rotatable bonds is 2. The Hall–Kier alpha value is -2.26. The molecule has 1 aromatic rings. The first-order valence-corrected chi connectivity index (χ1v) is 6.37. The fourth-order valence-electron chi connectivity index (χ4n) is 2.11. The molecule has 1 unspecified atom stereocenters. The molecule has 1 aliphatic heterocycles. The van der Waals surface area contributed by atoms with Gasteiger partial charge in [0.05, 0.1) is 24.4 Å². The highest BCUT2D eigenvalue weighted by Gasteiger charge is 2.28. The van der Waals surface area contributed by atoms with Crippen molar-refractivity contribution in [3.63, 3.8) is 0 Å². The number of ether oxygens (including phenoxy) is 1. The lowest BCUT2D eigenvalue weighted by Crippen LogP contribution is -2.32. The predicted molar refractivity (Wildman–Crippen MR) is 77.6 cm³/mol. The zero-order valence-electron chi connectivity index (χ0n) is 11.2. The lowest BCUT2D eigenvalue weighted by molar-refractivity contribution is 0.414. The van der Waals surface area contributed by atoms with Gasteiger partial charge >= 0.3 is 0 Å². The highest BCUT2D eigenvalue weighted by molar-refractivity contribution is 6.32. The predicted octanol–water partition coefficient (Wildman–Crippen LogP) is 1.80. The molecule has 0 radical (unpaired) electrons. The molecule has 0 bridgehead atoms. The molecule has 1 heterocycles. The monoisotopic (exact) mass is 291 g/mol. The minimum absolute atomic E-state index is 0.0790. The van der Waals surface area contributed by atoms with Gasteiger partial charge in [-0.25, -0.2) is 5.01 Å². The molecule has 0 saturated heterocycles. The first-order chi connectivity index (χ1) is 9.58. The maximum Gasteiger partial charge on any atom is 0.227 e. The van der Waals surface area contributed by atoms with Crippen LogP contribution in [0.2, 0.25) is 5.02 Å². The van der Waals surface area contributed by atoms with Crippen LogP contribution in [0.4, 0.5) is 0 Å². The number of hydrogen-bond donors (Lipinski definition) is 1. The van der Waals surface area contributed by atoms with E-state index in [9.17, 15) is 0 Å². The number of nitrogens with two attached hydrogens (primary N) is 1. The maximum absolute atomic E-state index is 8.53. The molecular formula is C13H14ClN5O. The number of halogens is 1. The van der Waals surface area contributed by atoms with E-state index in [1.54, 1.807) is 19.4 Å². The topological polar surface area (TPSA) is 87.0 Å². The van der Waals surface area contributed by atoms with E-state index in [0.29, 0.717) is 17.3 Å². The average Bonchev–Trinajstić information content (AvgIpc) is 2.81. The van der Waals surface area contributed by atoms with Gasteiger partial charge in [-0.2, -0.15) is 10.4 Å². The third-order valence-corrected chi connectivity index (χ3v) is 3.32. The van der Waals surface area contributed by atoms with E-state index in [-0.39, 0.29) is 11.9 Å². The van der Waals surface area contributed by atoms with Crippen LogP contribution in [0.25, 0.3) is 0 Å². The van der Waals surface area contributed by atoms with Gasteiger partial charge in [-0.15, -0.1) is 4.99 Å². The summed E-state index contributed by atoms with van der Waals surface area (Å²) in [6.45, 7) is 2.57. The molecule has 0 fully saturated rings. The summed E-state index contributed by atoms with van der Waals surface area (Å²) in [6.07, 6.45) is 1.65. The summed E-state index contributed by atoms with van der Waals surface area (Å²) in [7, 11) is 1.56. The summed E-state index contributed by atoms with van der Waals surface area (Å²) >= 11 is 6.12. The molecule has 0 spiro atoms. The Morgan fingerprint density at radius 1 is 1.65 bits per heavy atom. The van der Waals surface area contributed by atoms with Crippen LogP contribution in [-0.4, -0.2) is 30.3 Å². The van der Waals surface area contributed by atoms with Crippen LogP contribution in [-0.2, 0) is 0 Å². The fraction of sp³-hybridized carbons (Fsp3) is 0.308. The standard InChI is InChI=1S/C13H14ClN5O/c1-8-6-19(13(16)17-7-15)18-11(8)9-4-3-5-10(14)12(9)20-2/h3-5,8H,6H2,1-2H3,(H2,16,17). The van der Waals surface area contributed by atoms with Gasteiger partial charge in [0.25, 0.3) is 0 Å². The number of methoxy groups -OCH3 is 1. The number of benzene rings is 1. The van der Waals surface area contributed by atoms with Crippen LogP contribution in [0.1, 0.15) is 12.5 Å². The van der Waals surface area contributed by atoms with Crippen molar-refractivity contribution >= 4 is 23.3 Å². The van der Waals surface area contributed by atoms with E-state index in [0.717, 1.165) is 11.3 Å². The molecule has 0 saturated carbocycles. The SMILES string of the molecule is COc1c(Cl)cccc1C1=NN(C(N)=NC#N)CC1C. The molecule has 6 nitrogen and oxygen atoms in total. The Morgan fingerprint density at radius 3 is 3.05 bits per heavy atom. The van der Waals surface area contributed by atoms with Gasteiger partial charge in [0.2, 0.25) is 12.2 Å². The van der Waals surface area contributed by atoms with Gasteiger partial charge in [0.1, 0.15) is 5.75 Å². The summed E-state index contributed by atoms with van der Waals surface area (Å²) < 4.78 is 5.33. The first-order valence-electron chi connectivity index (χ1n) is 5.99. The minimum atomic E-state index is 0.0790. The van der Waals surface area contributed by atoms with Crippen molar-refractivity contribution in [3.05, 3.63) is 28.8 Å². The second-order valence-electron chi connectivity index (χ2n) is 4.36. The fourth-order valence-corrected chi connectivity index (χ4v) is 2.36. The van der Waals surface area contributed by atoms with Gasteiger partial charge < -0.3 is 10.5 Å². The number of hydrazone groups is 1. The van der Waals surface area contributed by atoms with Crippen LogP contribution in [0.15, 0.2) is 28.3 Å². The van der Waals surface area contributed by atoms with Crippen molar-refractivity contribution in [3.8, 4) is 11.9 Å². The van der Waals surface area contributed by atoms with Crippen molar-refractivity contribution in [2.75, 3.05) is 13.7 Å². The number of aliphatic imine (C=N–C) groups is 1. The summed E-state index contributed by atoms with van der Waals surface area (Å²) in [5.41, 5.74) is 7.31. The Labute approximate surface area is 122 Å². The normalized spacial score (nSPS) is 18.7. The molecule has 7 heteroatoms. The van der Waals surface area contributed by atoms with Crippen LogP contribution < -0.4 is 10.5 Å². The first kappa shape index (κ1) is 14.2. The Bertz CT molecular complexity index is 620. The quantitative estimate of drug-likeness (QED) is 0.511. The van der Waals surface area contributed by atoms with E-state index >= 15 is 0 Å². The largest absolute Gasteiger partial charge is 0.494 e. The molecule has 0 amide bonds. The Morgan fingerprint density at radius 2 is 2.40 bits per heavy atom. The average molecular weight is 292 g/mol. The summed E-state index contributed by atoms with van der Waals surface area (Å²) in [5.74, 6) is 0.780. The summed E-state index contributed by atoms with van der Waals surface area (Å²) in [6, 6.07) is 5.49. The van der Waals surface area contributed by atoms with Crippen molar-refractivity contribution in [2.45, 2.75) is 6.92 Å². The molecule has 20 heavy (non-hydrogen) atoms. The van der Waals surface area contributed by atoms with Gasteiger partial charge in [-0.05, 0) is 12.1 Å². The highest BCUT2D eigenvalue weighted by atomic mass is 35.5. The lowest BCUT2D eigenvalue weighted by atomic mass is 9.98.